The van der Waals surface area contributed by atoms with Gasteiger partial charge >= 0.3 is 0 Å². The molecule has 20 heavy (non-hydrogen) atoms. The van der Waals surface area contributed by atoms with Crippen LogP contribution in [0.2, 0.25) is 0 Å². The van der Waals surface area contributed by atoms with E-state index in [4.69, 9.17) is 14.7 Å². The smallest absolute Gasteiger partial charge is 0.119 e. The predicted molar refractivity (Wildman–Crippen MR) is 78.9 cm³/mol. The van der Waals surface area contributed by atoms with Crippen molar-refractivity contribution in [2.24, 2.45) is 11.1 Å². The van der Waals surface area contributed by atoms with Crippen LogP contribution in [0, 0.1) is 5.92 Å². The highest BCUT2D eigenvalue weighted by Gasteiger charge is 2.18. The van der Waals surface area contributed by atoms with E-state index in [9.17, 15) is 0 Å². The lowest BCUT2D eigenvalue weighted by Crippen LogP contribution is -2.08. The van der Waals surface area contributed by atoms with Gasteiger partial charge < -0.3 is 14.7 Å². The van der Waals surface area contributed by atoms with Crippen LogP contribution in [0.15, 0.2) is 23.4 Å². The number of nitrogens with zero attached hydrogens (tertiary/aromatic N) is 1. The third kappa shape index (κ3) is 3.97. The summed E-state index contributed by atoms with van der Waals surface area (Å²) in [5.41, 5.74) is 2.99. The summed E-state index contributed by atoms with van der Waals surface area (Å²) in [5.74, 6) is 1.53. The van der Waals surface area contributed by atoms with Crippen LogP contribution in [0.25, 0.3) is 0 Å². The van der Waals surface area contributed by atoms with Crippen LogP contribution in [0.5, 0.6) is 5.75 Å². The number of benzene rings is 1. The molecule has 2 rings (SSSR count). The Morgan fingerprint density at radius 1 is 1.20 bits per heavy atom. The Hall–Kier alpha value is -1.55. The number of hydrogen-bond donors (Lipinski definition) is 1. The normalized spacial score (nSPS) is 15.8. The van der Waals surface area contributed by atoms with E-state index >= 15 is 0 Å². The minimum Gasteiger partial charge on any atom is -0.491 e. The Bertz CT molecular complexity index is 469. The fourth-order valence-electron chi connectivity index (χ4n) is 2.28. The van der Waals surface area contributed by atoms with Gasteiger partial charge in [0, 0.05) is 12.2 Å². The molecule has 0 saturated heterocycles. The highest BCUT2D eigenvalue weighted by Crippen LogP contribution is 2.26. The molecule has 1 aromatic carbocycles. The second-order valence-electron chi connectivity index (χ2n) is 5.51. The molecule has 0 atom stereocenters. The molecule has 0 heterocycles. The van der Waals surface area contributed by atoms with Gasteiger partial charge in [-0.2, -0.15) is 0 Å². The second-order valence-corrected chi connectivity index (χ2v) is 5.51. The van der Waals surface area contributed by atoms with Crippen molar-refractivity contribution in [1.29, 1.82) is 0 Å². The number of oxime groups is 1. The maximum Gasteiger partial charge on any atom is 0.119 e. The van der Waals surface area contributed by atoms with E-state index in [-0.39, 0.29) is 0 Å². The molecular weight excluding hydrogens is 254 g/mol. The average molecular weight is 277 g/mol. The van der Waals surface area contributed by atoms with E-state index in [1.807, 2.05) is 18.2 Å². The monoisotopic (exact) mass is 277 g/mol. The lowest BCUT2D eigenvalue weighted by atomic mass is 10.1. The number of ether oxygens (including phenoxy) is 2. The number of hydrogen-bond acceptors (Lipinski definition) is 4. The zero-order valence-corrected chi connectivity index (χ0v) is 12.3. The van der Waals surface area contributed by atoms with Crippen LogP contribution in [-0.4, -0.2) is 30.7 Å². The molecular formula is C16H23NO3. The van der Waals surface area contributed by atoms with Crippen LogP contribution in [-0.2, 0) is 11.2 Å². The SMILES string of the molecule is CC(C)CCOCCOc1ccc2c(c1)CC/C2=N\O. The first-order chi connectivity index (χ1) is 9.70. The van der Waals surface area contributed by atoms with Gasteiger partial charge in [-0.05, 0) is 48.9 Å². The van der Waals surface area contributed by atoms with Crippen LogP contribution in [0.4, 0.5) is 0 Å². The second kappa shape index (κ2) is 7.29. The molecule has 0 radical (unpaired) electrons. The van der Waals surface area contributed by atoms with Crippen molar-refractivity contribution in [2.45, 2.75) is 33.1 Å². The van der Waals surface area contributed by atoms with Crippen molar-refractivity contribution in [3.8, 4) is 5.75 Å². The first kappa shape index (κ1) is 14.9. The maximum atomic E-state index is 8.89. The summed E-state index contributed by atoms with van der Waals surface area (Å²) in [6, 6.07) is 5.91. The van der Waals surface area contributed by atoms with Crippen molar-refractivity contribution >= 4 is 5.71 Å². The van der Waals surface area contributed by atoms with Gasteiger partial charge in [-0.1, -0.05) is 19.0 Å². The lowest BCUT2D eigenvalue weighted by molar-refractivity contribution is 0.0925. The zero-order chi connectivity index (χ0) is 14.4. The van der Waals surface area contributed by atoms with E-state index < -0.39 is 0 Å². The van der Waals surface area contributed by atoms with Crippen molar-refractivity contribution < 1.29 is 14.7 Å². The molecule has 1 aliphatic carbocycles. The lowest BCUT2D eigenvalue weighted by Gasteiger charge is -2.09. The molecule has 0 unspecified atom stereocenters. The first-order valence-electron chi connectivity index (χ1n) is 7.25. The number of rotatable bonds is 7. The van der Waals surface area contributed by atoms with Gasteiger partial charge in [0.15, 0.2) is 0 Å². The van der Waals surface area contributed by atoms with E-state index in [2.05, 4.69) is 19.0 Å². The van der Waals surface area contributed by atoms with Crippen molar-refractivity contribution in [3.05, 3.63) is 29.3 Å². The summed E-state index contributed by atoms with van der Waals surface area (Å²) in [6.45, 7) is 6.36. The van der Waals surface area contributed by atoms with Crippen molar-refractivity contribution in [2.75, 3.05) is 19.8 Å². The van der Waals surface area contributed by atoms with E-state index in [1.54, 1.807) is 0 Å². The molecule has 1 N–H and O–H groups in total. The molecule has 0 aromatic heterocycles. The molecule has 0 saturated carbocycles. The Morgan fingerprint density at radius 2 is 2.05 bits per heavy atom. The molecule has 0 spiro atoms. The number of aryl methyl sites for hydroxylation is 1. The van der Waals surface area contributed by atoms with Crippen LogP contribution in [0.1, 0.15) is 37.8 Å². The first-order valence-corrected chi connectivity index (χ1v) is 7.25. The summed E-state index contributed by atoms with van der Waals surface area (Å²) in [7, 11) is 0. The Kier molecular flexibility index (Phi) is 5.41. The van der Waals surface area contributed by atoms with Gasteiger partial charge in [0.1, 0.15) is 12.4 Å². The zero-order valence-electron chi connectivity index (χ0n) is 12.3. The molecule has 1 aromatic rings. The quantitative estimate of drug-likeness (QED) is 0.473. The van der Waals surface area contributed by atoms with Gasteiger partial charge in [-0.3, -0.25) is 0 Å². The molecule has 1 aliphatic rings. The fraction of sp³-hybridized carbons (Fsp3) is 0.562. The Morgan fingerprint density at radius 3 is 2.80 bits per heavy atom. The standard InChI is InChI=1S/C16H23NO3/c1-12(2)7-8-19-9-10-20-14-4-5-15-13(11-14)3-6-16(15)17-18/h4-5,11-12,18H,3,6-10H2,1-2H3/b17-16+. The Labute approximate surface area is 120 Å². The molecule has 0 aliphatic heterocycles. The molecule has 0 fully saturated rings. The largest absolute Gasteiger partial charge is 0.491 e. The third-order valence-electron chi connectivity index (χ3n) is 3.48. The van der Waals surface area contributed by atoms with Gasteiger partial charge in [0.2, 0.25) is 0 Å². The van der Waals surface area contributed by atoms with Crippen LogP contribution >= 0.6 is 0 Å². The summed E-state index contributed by atoms with van der Waals surface area (Å²) in [4.78, 5) is 0. The van der Waals surface area contributed by atoms with Crippen LogP contribution < -0.4 is 4.74 Å². The minimum absolute atomic E-state index is 0.567. The van der Waals surface area contributed by atoms with Gasteiger partial charge in [-0.25, -0.2) is 0 Å². The van der Waals surface area contributed by atoms with Gasteiger partial charge in [-0.15, -0.1) is 0 Å². The molecule has 0 bridgehead atoms. The predicted octanol–water partition coefficient (Wildman–Crippen LogP) is 3.25. The molecule has 0 amide bonds. The summed E-state index contributed by atoms with van der Waals surface area (Å²) in [6.07, 6.45) is 2.80. The van der Waals surface area contributed by atoms with E-state index in [0.29, 0.717) is 19.1 Å². The number of fused-ring (bicyclic) bond motifs is 1. The highest BCUT2D eigenvalue weighted by molar-refractivity contribution is 6.04. The summed E-state index contributed by atoms with van der Waals surface area (Å²) in [5, 5.41) is 12.2. The molecule has 4 heteroatoms. The average Bonchev–Trinajstić information content (AvgIpc) is 2.84. The van der Waals surface area contributed by atoms with E-state index in [0.717, 1.165) is 42.9 Å². The van der Waals surface area contributed by atoms with Crippen LogP contribution in [0.3, 0.4) is 0 Å². The maximum absolute atomic E-state index is 8.89. The minimum atomic E-state index is 0.567. The van der Waals surface area contributed by atoms with Crippen molar-refractivity contribution in [3.63, 3.8) is 0 Å². The summed E-state index contributed by atoms with van der Waals surface area (Å²) >= 11 is 0. The summed E-state index contributed by atoms with van der Waals surface area (Å²) < 4.78 is 11.2. The Balaban J connectivity index is 1.75. The van der Waals surface area contributed by atoms with E-state index in [1.165, 1.54) is 5.56 Å². The molecule has 4 nitrogen and oxygen atoms in total. The highest BCUT2D eigenvalue weighted by atomic mass is 16.5. The van der Waals surface area contributed by atoms with Crippen molar-refractivity contribution in [1.82, 2.24) is 0 Å². The van der Waals surface area contributed by atoms with Gasteiger partial charge in [0.05, 0.1) is 12.3 Å². The fourth-order valence-corrected chi connectivity index (χ4v) is 2.28. The molecule has 110 valence electrons. The third-order valence-corrected chi connectivity index (χ3v) is 3.48. The topological polar surface area (TPSA) is 51.0 Å². The van der Waals surface area contributed by atoms with Gasteiger partial charge in [0.25, 0.3) is 0 Å².